The van der Waals surface area contributed by atoms with E-state index in [-0.39, 0.29) is 0 Å². The number of hydrogen-bond donors (Lipinski definition) is 1. The molecule has 0 bridgehead atoms. The summed E-state index contributed by atoms with van der Waals surface area (Å²) >= 11 is 0. The number of aliphatic hydroxyl groups is 1. The highest BCUT2D eigenvalue weighted by Crippen LogP contribution is 2.42. The van der Waals surface area contributed by atoms with Gasteiger partial charge in [0, 0.05) is 19.7 Å². The molecular weight excluding hydrogens is 200 g/mol. The minimum Gasteiger partial charge on any atom is -0.396 e. The Hall–Kier alpha value is -0.750. The van der Waals surface area contributed by atoms with Crippen LogP contribution in [-0.4, -0.2) is 29.7 Å². The smallest absolute Gasteiger partial charge is 0.179 e. The van der Waals surface area contributed by atoms with Crippen molar-refractivity contribution in [1.29, 1.82) is 5.26 Å². The zero-order valence-electron chi connectivity index (χ0n) is 9.94. The Balaban J connectivity index is 1.91. The number of nitrogens with zero attached hydrogens (tertiary/aromatic N) is 2. The molecule has 2 rings (SSSR count). The number of nitriles is 1. The Morgan fingerprint density at radius 2 is 2.12 bits per heavy atom. The van der Waals surface area contributed by atoms with Crippen LogP contribution in [0.5, 0.6) is 0 Å². The molecule has 1 saturated heterocycles. The fraction of sp³-hybridized carbons (Fsp3) is 0.923. The molecule has 3 heteroatoms. The van der Waals surface area contributed by atoms with E-state index in [9.17, 15) is 0 Å². The van der Waals surface area contributed by atoms with Crippen molar-refractivity contribution in [3.8, 4) is 6.19 Å². The van der Waals surface area contributed by atoms with Gasteiger partial charge in [0.2, 0.25) is 0 Å². The van der Waals surface area contributed by atoms with Crippen LogP contribution in [0.25, 0.3) is 0 Å². The maximum absolute atomic E-state index is 8.98. The van der Waals surface area contributed by atoms with E-state index in [1.54, 1.807) is 0 Å². The second-order valence-corrected chi connectivity index (χ2v) is 5.32. The van der Waals surface area contributed by atoms with Crippen molar-refractivity contribution in [1.82, 2.24) is 4.90 Å². The normalized spacial score (nSPS) is 30.9. The van der Waals surface area contributed by atoms with Crippen LogP contribution < -0.4 is 0 Å². The van der Waals surface area contributed by atoms with E-state index in [1.165, 1.54) is 19.3 Å². The van der Waals surface area contributed by atoms with E-state index in [4.69, 9.17) is 10.4 Å². The molecule has 2 fully saturated rings. The van der Waals surface area contributed by atoms with Gasteiger partial charge in [0.25, 0.3) is 0 Å². The number of hydrogen-bond acceptors (Lipinski definition) is 3. The number of rotatable bonds is 4. The molecular formula is C13H22N2O. The summed E-state index contributed by atoms with van der Waals surface area (Å²) in [7, 11) is 0. The first-order valence-electron chi connectivity index (χ1n) is 6.60. The van der Waals surface area contributed by atoms with Crippen LogP contribution in [0.2, 0.25) is 0 Å². The average molecular weight is 222 g/mol. The first kappa shape index (κ1) is 11.7. The van der Waals surface area contributed by atoms with Crippen molar-refractivity contribution in [2.24, 2.45) is 17.8 Å². The van der Waals surface area contributed by atoms with Gasteiger partial charge < -0.3 is 10.0 Å². The van der Waals surface area contributed by atoms with Crippen molar-refractivity contribution in [3.05, 3.63) is 0 Å². The van der Waals surface area contributed by atoms with Crippen molar-refractivity contribution in [2.45, 2.75) is 38.5 Å². The van der Waals surface area contributed by atoms with Gasteiger partial charge in [0.1, 0.15) is 0 Å². The molecule has 0 spiro atoms. The molecule has 0 aromatic rings. The van der Waals surface area contributed by atoms with Gasteiger partial charge in [-0.15, -0.1) is 0 Å². The van der Waals surface area contributed by atoms with Crippen LogP contribution in [-0.2, 0) is 0 Å². The highest BCUT2D eigenvalue weighted by Gasteiger charge is 2.36. The van der Waals surface area contributed by atoms with Gasteiger partial charge in [-0.2, -0.15) is 5.26 Å². The summed E-state index contributed by atoms with van der Waals surface area (Å²) in [6.07, 6.45) is 9.62. The summed E-state index contributed by atoms with van der Waals surface area (Å²) in [5.41, 5.74) is 0. The largest absolute Gasteiger partial charge is 0.396 e. The Bertz CT molecular complexity index is 257. The molecule has 1 aliphatic carbocycles. The van der Waals surface area contributed by atoms with Gasteiger partial charge in [-0.3, -0.25) is 0 Å². The summed E-state index contributed by atoms with van der Waals surface area (Å²) in [4.78, 5) is 1.93. The molecule has 0 radical (unpaired) electrons. The molecule has 2 unspecified atom stereocenters. The molecule has 1 heterocycles. The van der Waals surface area contributed by atoms with Gasteiger partial charge in [0.15, 0.2) is 6.19 Å². The van der Waals surface area contributed by atoms with E-state index in [1.807, 2.05) is 4.90 Å². The predicted molar refractivity (Wildman–Crippen MR) is 62.4 cm³/mol. The Kier molecular flexibility index (Phi) is 4.06. The molecule has 1 aliphatic heterocycles. The summed E-state index contributed by atoms with van der Waals surface area (Å²) in [5.74, 6) is 2.33. The van der Waals surface area contributed by atoms with Crippen LogP contribution in [0.1, 0.15) is 38.5 Å². The maximum atomic E-state index is 8.98. The molecule has 0 aromatic carbocycles. The lowest BCUT2D eigenvalue weighted by molar-refractivity contribution is 0.0629. The van der Waals surface area contributed by atoms with Crippen LogP contribution in [0.15, 0.2) is 0 Å². The molecule has 0 aromatic heterocycles. The molecule has 16 heavy (non-hydrogen) atoms. The van der Waals surface area contributed by atoms with Crippen molar-refractivity contribution < 1.29 is 5.11 Å². The number of piperidine rings is 1. The zero-order chi connectivity index (χ0) is 11.4. The van der Waals surface area contributed by atoms with Crippen LogP contribution in [0.3, 0.4) is 0 Å². The SMILES string of the molecule is N#CN1CCC(CCCO)C(C2CCC2)C1. The summed E-state index contributed by atoms with van der Waals surface area (Å²) in [5, 5.41) is 17.9. The predicted octanol–water partition coefficient (Wildman–Crippen LogP) is 1.98. The second kappa shape index (κ2) is 5.54. The molecule has 2 atom stereocenters. The third-order valence-electron chi connectivity index (χ3n) is 4.44. The molecule has 2 aliphatic rings. The lowest BCUT2D eigenvalue weighted by Crippen LogP contribution is -2.43. The molecule has 3 nitrogen and oxygen atoms in total. The van der Waals surface area contributed by atoms with Crippen LogP contribution >= 0.6 is 0 Å². The summed E-state index contributed by atoms with van der Waals surface area (Å²) in [6, 6.07) is 0. The van der Waals surface area contributed by atoms with Crippen molar-refractivity contribution in [2.75, 3.05) is 19.7 Å². The lowest BCUT2D eigenvalue weighted by atomic mass is 9.67. The van der Waals surface area contributed by atoms with Gasteiger partial charge in [-0.1, -0.05) is 19.3 Å². The molecule has 90 valence electrons. The number of aliphatic hydroxyl groups excluding tert-OH is 1. The maximum Gasteiger partial charge on any atom is 0.179 e. The van der Waals surface area contributed by atoms with E-state index < -0.39 is 0 Å². The minimum atomic E-state index is 0.315. The first-order chi connectivity index (χ1) is 7.85. The van der Waals surface area contributed by atoms with Crippen molar-refractivity contribution in [3.63, 3.8) is 0 Å². The van der Waals surface area contributed by atoms with E-state index in [2.05, 4.69) is 6.19 Å². The van der Waals surface area contributed by atoms with Crippen LogP contribution in [0, 0.1) is 29.2 Å². The summed E-state index contributed by atoms with van der Waals surface area (Å²) in [6.45, 7) is 2.21. The Morgan fingerprint density at radius 3 is 2.69 bits per heavy atom. The zero-order valence-corrected chi connectivity index (χ0v) is 9.94. The first-order valence-corrected chi connectivity index (χ1v) is 6.60. The van der Waals surface area contributed by atoms with Gasteiger partial charge >= 0.3 is 0 Å². The molecule has 1 saturated carbocycles. The fourth-order valence-corrected chi connectivity index (χ4v) is 3.24. The highest BCUT2D eigenvalue weighted by atomic mass is 16.2. The Morgan fingerprint density at radius 1 is 1.31 bits per heavy atom. The van der Waals surface area contributed by atoms with E-state index in [0.717, 1.165) is 44.2 Å². The number of likely N-dealkylation sites (tertiary alicyclic amines) is 1. The second-order valence-electron chi connectivity index (χ2n) is 5.32. The van der Waals surface area contributed by atoms with Crippen LogP contribution in [0.4, 0.5) is 0 Å². The van der Waals surface area contributed by atoms with E-state index in [0.29, 0.717) is 12.5 Å². The van der Waals surface area contributed by atoms with Crippen molar-refractivity contribution >= 4 is 0 Å². The van der Waals surface area contributed by atoms with Gasteiger partial charge in [-0.05, 0) is 37.0 Å². The highest BCUT2D eigenvalue weighted by molar-refractivity contribution is 4.91. The van der Waals surface area contributed by atoms with Gasteiger partial charge in [-0.25, -0.2) is 0 Å². The van der Waals surface area contributed by atoms with E-state index >= 15 is 0 Å². The lowest BCUT2D eigenvalue weighted by Gasteiger charge is -2.44. The monoisotopic (exact) mass is 222 g/mol. The van der Waals surface area contributed by atoms with Gasteiger partial charge in [0.05, 0.1) is 0 Å². The third kappa shape index (κ3) is 2.49. The molecule has 1 N–H and O–H groups in total. The third-order valence-corrected chi connectivity index (χ3v) is 4.44. The molecule has 0 amide bonds. The standard InChI is InChI=1S/C13H22N2O/c14-10-15-7-6-12(5-2-8-16)13(9-15)11-3-1-4-11/h11-13,16H,1-9H2. The Labute approximate surface area is 98.1 Å². The topological polar surface area (TPSA) is 47.3 Å². The average Bonchev–Trinajstić information content (AvgIpc) is 2.25. The summed E-state index contributed by atoms with van der Waals surface area (Å²) < 4.78 is 0. The quantitative estimate of drug-likeness (QED) is 0.740. The fourth-order valence-electron chi connectivity index (χ4n) is 3.24. The minimum absolute atomic E-state index is 0.315.